The quantitative estimate of drug-likeness (QED) is 0.409. The van der Waals surface area contributed by atoms with Crippen molar-refractivity contribution in [3.8, 4) is 0 Å². The summed E-state index contributed by atoms with van der Waals surface area (Å²) in [6.45, 7) is 4.01. The predicted octanol–water partition coefficient (Wildman–Crippen LogP) is 1.03. The van der Waals surface area contributed by atoms with E-state index in [0.29, 0.717) is 12.7 Å². The lowest BCUT2D eigenvalue weighted by Crippen LogP contribution is -2.46. The largest absolute Gasteiger partial charge is 0.439 e. The summed E-state index contributed by atoms with van der Waals surface area (Å²) >= 11 is 0. The third-order valence-electron chi connectivity index (χ3n) is 1.84. The Bertz CT molecular complexity index is 256. The maximum absolute atomic E-state index is 13.1. The molecule has 1 N–H and O–H groups in total. The first-order valence-electron chi connectivity index (χ1n) is 4.69. The highest BCUT2D eigenvalue weighted by atomic mass is 19.3. The molecule has 0 bridgehead atoms. The van der Waals surface area contributed by atoms with Crippen molar-refractivity contribution >= 4 is 12.2 Å². The fourth-order valence-electron chi connectivity index (χ4n) is 0.666. The van der Waals surface area contributed by atoms with Crippen LogP contribution in [0.1, 0.15) is 27.2 Å². The highest BCUT2D eigenvalue weighted by Gasteiger charge is 2.45. The van der Waals surface area contributed by atoms with E-state index in [2.05, 4.69) is 9.57 Å². The molecule has 5 nitrogen and oxygen atoms in total. The molecule has 0 aliphatic heterocycles. The third kappa shape index (κ3) is 5.13. The molecule has 0 atom stereocenters. The fourth-order valence-corrected chi connectivity index (χ4v) is 0.666. The second-order valence-electron chi connectivity index (χ2n) is 3.64. The molecule has 0 fully saturated rings. The van der Waals surface area contributed by atoms with Crippen molar-refractivity contribution in [2.24, 2.45) is 0 Å². The molecule has 0 unspecified atom stereocenters. The summed E-state index contributed by atoms with van der Waals surface area (Å²) in [5.74, 6) is -1.74. The van der Waals surface area contributed by atoms with Crippen LogP contribution in [0.3, 0.4) is 0 Å². The lowest BCUT2D eigenvalue weighted by Gasteiger charge is -2.28. The van der Waals surface area contributed by atoms with Gasteiger partial charge in [-0.15, -0.1) is 0 Å². The zero-order valence-electron chi connectivity index (χ0n) is 9.38. The molecule has 0 aliphatic carbocycles. The second kappa shape index (κ2) is 5.86. The first-order valence-corrected chi connectivity index (χ1v) is 4.69. The van der Waals surface area contributed by atoms with Crippen molar-refractivity contribution in [2.45, 2.75) is 38.9 Å². The maximum Gasteiger partial charge on any atom is 0.439 e. The normalized spacial score (nSPS) is 12.3. The zero-order valence-corrected chi connectivity index (χ0v) is 9.38. The highest BCUT2D eigenvalue weighted by Crippen LogP contribution is 2.26. The van der Waals surface area contributed by atoms with Crippen LogP contribution in [0.5, 0.6) is 0 Å². The number of alkyl halides is 2. The molecule has 0 saturated carbocycles. The first-order chi connectivity index (χ1) is 7.25. The van der Waals surface area contributed by atoms with E-state index in [9.17, 15) is 18.4 Å². The van der Waals surface area contributed by atoms with Gasteiger partial charge >= 0.3 is 12.0 Å². The van der Waals surface area contributed by atoms with Gasteiger partial charge in [0.2, 0.25) is 0 Å². The van der Waals surface area contributed by atoms with Gasteiger partial charge in [0.15, 0.2) is 0 Å². The minimum absolute atomic E-state index is 0.311. The molecular weight excluding hydrogens is 224 g/mol. The smallest absolute Gasteiger partial charge is 0.307 e. The Balaban J connectivity index is 4.30. The van der Waals surface area contributed by atoms with Crippen LogP contribution in [0.25, 0.3) is 0 Å². The third-order valence-corrected chi connectivity index (χ3v) is 1.84. The van der Waals surface area contributed by atoms with E-state index in [0.717, 1.165) is 0 Å². The number of hydrogen-bond acceptors (Lipinski definition) is 4. The lowest BCUT2D eigenvalue weighted by atomic mass is 10.1. The molecule has 94 valence electrons. The van der Waals surface area contributed by atoms with E-state index < -0.39 is 24.2 Å². The monoisotopic (exact) mass is 239 g/mol. The Hall–Kier alpha value is -1.08. The predicted molar refractivity (Wildman–Crippen MR) is 50.6 cm³/mol. The second-order valence-corrected chi connectivity index (χ2v) is 3.64. The minimum atomic E-state index is -4.00. The van der Waals surface area contributed by atoms with E-state index in [4.69, 9.17) is 0 Å². The summed E-state index contributed by atoms with van der Waals surface area (Å²) in [5, 5.41) is 0. The molecule has 0 aromatic rings. The van der Waals surface area contributed by atoms with Gasteiger partial charge in [0, 0.05) is 0 Å². The van der Waals surface area contributed by atoms with Gasteiger partial charge in [0.1, 0.15) is 12.9 Å². The molecule has 16 heavy (non-hydrogen) atoms. The van der Waals surface area contributed by atoms with Gasteiger partial charge < -0.3 is 9.53 Å². The van der Waals surface area contributed by atoms with Gasteiger partial charge in [0.05, 0.1) is 5.60 Å². The number of amides is 1. The van der Waals surface area contributed by atoms with Gasteiger partial charge in [-0.3, -0.25) is 9.63 Å². The molecule has 0 heterocycles. The van der Waals surface area contributed by atoms with Crippen LogP contribution in [0.4, 0.5) is 8.78 Å². The molecule has 0 saturated heterocycles. The summed E-state index contributed by atoms with van der Waals surface area (Å²) in [7, 11) is 0. The average molecular weight is 239 g/mol. The Morgan fingerprint density at radius 1 is 1.44 bits per heavy atom. The van der Waals surface area contributed by atoms with Gasteiger partial charge in [0.25, 0.3) is 0 Å². The highest BCUT2D eigenvalue weighted by molar-refractivity contribution is 5.81. The summed E-state index contributed by atoms with van der Waals surface area (Å²) < 4.78 is 30.6. The van der Waals surface area contributed by atoms with Crippen molar-refractivity contribution in [3.63, 3.8) is 0 Å². The molecule has 0 radical (unpaired) electrons. The number of rotatable bonds is 7. The van der Waals surface area contributed by atoms with Gasteiger partial charge in [-0.05, 0) is 20.3 Å². The van der Waals surface area contributed by atoms with Crippen LogP contribution in [-0.2, 0) is 19.2 Å². The Kier molecular flexibility index (Phi) is 5.46. The number of hydroxylamine groups is 1. The molecule has 0 aliphatic rings. The minimum Gasteiger partial charge on any atom is -0.307 e. The van der Waals surface area contributed by atoms with E-state index in [1.54, 1.807) is 6.92 Å². The zero-order chi connectivity index (χ0) is 12.8. The Morgan fingerprint density at radius 2 is 2.00 bits per heavy atom. The van der Waals surface area contributed by atoms with Crippen LogP contribution in [0.2, 0.25) is 0 Å². The van der Waals surface area contributed by atoms with E-state index in [1.807, 2.05) is 0 Å². The van der Waals surface area contributed by atoms with Crippen LogP contribution < -0.4 is 5.48 Å². The van der Waals surface area contributed by atoms with Crippen LogP contribution in [0, 0.1) is 0 Å². The molecule has 7 heteroatoms. The summed E-state index contributed by atoms with van der Waals surface area (Å²) in [5.41, 5.74) is 0.292. The number of nitrogens with one attached hydrogen (secondary N) is 1. The molecular formula is C9H15F2NO4. The molecule has 0 spiro atoms. The number of ether oxygens (including phenoxy) is 1. The average Bonchev–Trinajstić information content (AvgIpc) is 2.16. The van der Waals surface area contributed by atoms with E-state index in [1.165, 1.54) is 19.3 Å². The Morgan fingerprint density at radius 3 is 2.44 bits per heavy atom. The summed E-state index contributed by atoms with van der Waals surface area (Å²) in [6.07, 6.45) is -3.37. The molecule has 0 aromatic heterocycles. The van der Waals surface area contributed by atoms with Crippen LogP contribution >= 0.6 is 0 Å². The first kappa shape index (κ1) is 14.9. The van der Waals surface area contributed by atoms with Crippen LogP contribution in [-0.4, -0.2) is 30.5 Å². The van der Waals surface area contributed by atoms with Gasteiger partial charge in [-0.1, -0.05) is 6.92 Å². The van der Waals surface area contributed by atoms with Crippen molar-refractivity contribution in [1.29, 1.82) is 0 Å². The number of carbonyl (C=O) groups excluding carboxylic acids is 2. The summed E-state index contributed by atoms with van der Waals surface area (Å²) in [4.78, 5) is 24.9. The summed E-state index contributed by atoms with van der Waals surface area (Å²) in [6, 6.07) is 0. The van der Waals surface area contributed by atoms with E-state index in [-0.39, 0.29) is 0 Å². The molecule has 1 amide bonds. The number of carbonyl (C=O) groups is 2. The maximum atomic E-state index is 13.1. The number of halogens is 2. The fraction of sp³-hybridized carbons (Fsp3) is 0.778. The molecule has 0 rings (SSSR count). The van der Waals surface area contributed by atoms with Crippen LogP contribution in [0.15, 0.2) is 0 Å². The van der Waals surface area contributed by atoms with E-state index >= 15 is 0 Å². The number of aldehydes is 1. The standard InChI is InChI=1S/C9H15F2NO4/c1-4-8(2,3)16-9(10,11)7(14)12-15-6-5-13/h5H,4,6H2,1-3H3,(H,12,14). The van der Waals surface area contributed by atoms with Crippen molar-refractivity contribution in [2.75, 3.05) is 6.61 Å². The lowest BCUT2D eigenvalue weighted by molar-refractivity contribution is -0.276. The SMILES string of the molecule is CCC(C)(C)OC(F)(F)C(=O)NOCC=O. The van der Waals surface area contributed by atoms with Crippen molar-refractivity contribution in [1.82, 2.24) is 5.48 Å². The van der Waals surface area contributed by atoms with Crippen molar-refractivity contribution < 1.29 is 27.9 Å². The van der Waals surface area contributed by atoms with Crippen molar-refractivity contribution in [3.05, 3.63) is 0 Å². The Labute approximate surface area is 92.0 Å². The topological polar surface area (TPSA) is 64.6 Å². The van der Waals surface area contributed by atoms with Gasteiger partial charge in [-0.2, -0.15) is 8.78 Å². The molecule has 0 aromatic carbocycles. The number of hydrogen-bond donors (Lipinski definition) is 1. The van der Waals surface area contributed by atoms with Gasteiger partial charge in [-0.25, -0.2) is 5.48 Å².